The standard InChI is InChI=1S/C7H15NO4S/c8-13(10,11)12-5-6-3-1-2-4-7(6)9/h6-7,9H,1-5H2,(H2,8,10,11)/t6-,7+/m1/s1. The molecule has 0 aromatic rings. The molecule has 13 heavy (non-hydrogen) atoms. The van der Waals surface area contributed by atoms with Crippen LogP contribution in [0.5, 0.6) is 0 Å². The second-order valence-corrected chi connectivity index (χ2v) is 4.61. The Balaban J connectivity index is 2.35. The van der Waals surface area contributed by atoms with E-state index < -0.39 is 16.4 Å². The van der Waals surface area contributed by atoms with Gasteiger partial charge in [0, 0.05) is 5.92 Å². The predicted molar refractivity (Wildman–Crippen MR) is 47.0 cm³/mol. The summed E-state index contributed by atoms with van der Waals surface area (Å²) in [4.78, 5) is 0. The van der Waals surface area contributed by atoms with E-state index in [1.807, 2.05) is 0 Å². The van der Waals surface area contributed by atoms with E-state index in [1.54, 1.807) is 0 Å². The van der Waals surface area contributed by atoms with Crippen LogP contribution in [-0.4, -0.2) is 26.2 Å². The fourth-order valence-electron chi connectivity index (χ4n) is 1.56. The first-order valence-corrected chi connectivity index (χ1v) is 5.81. The SMILES string of the molecule is NS(=O)(=O)OC[C@H]1CCCC[C@@H]1O. The van der Waals surface area contributed by atoms with Gasteiger partial charge in [-0.05, 0) is 12.8 Å². The molecular formula is C7H15NO4S. The van der Waals surface area contributed by atoms with Crippen molar-refractivity contribution in [3.05, 3.63) is 0 Å². The lowest BCUT2D eigenvalue weighted by Gasteiger charge is -2.26. The van der Waals surface area contributed by atoms with Gasteiger partial charge in [0.2, 0.25) is 0 Å². The molecule has 1 saturated carbocycles. The van der Waals surface area contributed by atoms with Gasteiger partial charge >= 0.3 is 10.3 Å². The summed E-state index contributed by atoms with van der Waals surface area (Å²) >= 11 is 0. The average Bonchev–Trinajstić information content (AvgIpc) is 2.01. The molecule has 0 bridgehead atoms. The fraction of sp³-hybridized carbons (Fsp3) is 1.00. The Morgan fingerprint density at radius 1 is 1.38 bits per heavy atom. The van der Waals surface area contributed by atoms with Crippen LogP contribution in [-0.2, 0) is 14.5 Å². The number of hydrogen-bond donors (Lipinski definition) is 2. The fourth-order valence-corrected chi connectivity index (χ4v) is 1.93. The van der Waals surface area contributed by atoms with Crippen molar-refractivity contribution in [2.24, 2.45) is 11.1 Å². The number of rotatable bonds is 3. The lowest BCUT2D eigenvalue weighted by Crippen LogP contribution is -2.30. The first kappa shape index (κ1) is 10.9. The van der Waals surface area contributed by atoms with Crippen molar-refractivity contribution in [3.63, 3.8) is 0 Å². The van der Waals surface area contributed by atoms with E-state index in [1.165, 1.54) is 0 Å². The molecular weight excluding hydrogens is 194 g/mol. The Bertz CT molecular complexity index is 251. The van der Waals surface area contributed by atoms with Crippen LogP contribution >= 0.6 is 0 Å². The zero-order chi connectivity index (χ0) is 9.90. The molecule has 0 amide bonds. The van der Waals surface area contributed by atoms with Gasteiger partial charge in [-0.15, -0.1) is 0 Å². The van der Waals surface area contributed by atoms with Crippen molar-refractivity contribution in [1.29, 1.82) is 0 Å². The van der Waals surface area contributed by atoms with Gasteiger partial charge in [0.15, 0.2) is 0 Å². The van der Waals surface area contributed by atoms with Gasteiger partial charge in [0.05, 0.1) is 12.7 Å². The third-order valence-corrected chi connectivity index (χ3v) is 2.78. The van der Waals surface area contributed by atoms with Crippen LogP contribution in [0.15, 0.2) is 0 Å². The molecule has 0 heterocycles. The minimum absolute atomic E-state index is 0.000000000000000222. The summed E-state index contributed by atoms with van der Waals surface area (Å²) in [6.45, 7) is 0.000000000000000222. The summed E-state index contributed by atoms with van der Waals surface area (Å²) in [6.07, 6.45) is 3.08. The first-order valence-electron chi connectivity index (χ1n) is 4.34. The molecule has 78 valence electrons. The molecule has 0 aromatic carbocycles. The Labute approximate surface area is 78.1 Å². The summed E-state index contributed by atoms with van der Waals surface area (Å²) in [7, 11) is -3.86. The third-order valence-electron chi connectivity index (χ3n) is 2.32. The maximum Gasteiger partial charge on any atom is 0.333 e. The number of aliphatic hydroxyl groups excluding tert-OH is 1. The number of hydrogen-bond acceptors (Lipinski definition) is 4. The Morgan fingerprint density at radius 3 is 2.54 bits per heavy atom. The van der Waals surface area contributed by atoms with Crippen LogP contribution in [0.2, 0.25) is 0 Å². The second kappa shape index (κ2) is 4.36. The normalized spacial score (nSPS) is 30.3. The predicted octanol–water partition coefficient (Wildman–Crippen LogP) is -0.242. The summed E-state index contributed by atoms with van der Waals surface area (Å²) in [5.41, 5.74) is 0. The molecule has 2 atom stereocenters. The highest BCUT2D eigenvalue weighted by Crippen LogP contribution is 2.24. The van der Waals surface area contributed by atoms with E-state index in [-0.39, 0.29) is 12.5 Å². The Morgan fingerprint density at radius 2 is 2.00 bits per heavy atom. The average molecular weight is 209 g/mol. The van der Waals surface area contributed by atoms with Gasteiger partial charge in [-0.2, -0.15) is 8.42 Å². The number of nitrogens with two attached hydrogens (primary N) is 1. The van der Waals surface area contributed by atoms with Crippen LogP contribution in [0.3, 0.4) is 0 Å². The molecule has 1 fully saturated rings. The molecule has 3 N–H and O–H groups in total. The third kappa shape index (κ3) is 4.04. The van der Waals surface area contributed by atoms with Crippen molar-refractivity contribution >= 4 is 10.3 Å². The molecule has 0 aromatic heterocycles. The first-order chi connectivity index (χ1) is 5.99. The molecule has 0 aliphatic heterocycles. The Hall–Kier alpha value is -0.170. The van der Waals surface area contributed by atoms with Crippen LogP contribution in [0, 0.1) is 5.92 Å². The lowest BCUT2D eigenvalue weighted by atomic mass is 9.87. The van der Waals surface area contributed by atoms with Crippen molar-refractivity contribution < 1.29 is 17.7 Å². The van der Waals surface area contributed by atoms with Gasteiger partial charge in [-0.1, -0.05) is 12.8 Å². The highest BCUT2D eigenvalue weighted by Gasteiger charge is 2.24. The largest absolute Gasteiger partial charge is 0.393 e. The highest BCUT2D eigenvalue weighted by atomic mass is 32.2. The van der Waals surface area contributed by atoms with Crippen LogP contribution in [0.1, 0.15) is 25.7 Å². The molecule has 1 aliphatic carbocycles. The maximum atomic E-state index is 10.5. The lowest BCUT2D eigenvalue weighted by molar-refractivity contribution is 0.0439. The zero-order valence-electron chi connectivity index (χ0n) is 7.35. The van der Waals surface area contributed by atoms with E-state index in [2.05, 4.69) is 9.32 Å². The summed E-state index contributed by atoms with van der Waals surface area (Å²) < 4.78 is 25.3. The molecule has 6 heteroatoms. The molecule has 0 unspecified atom stereocenters. The topological polar surface area (TPSA) is 89.6 Å². The quantitative estimate of drug-likeness (QED) is 0.671. The minimum atomic E-state index is -3.86. The monoisotopic (exact) mass is 209 g/mol. The van der Waals surface area contributed by atoms with E-state index in [9.17, 15) is 13.5 Å². The van der Waals surface area contributed by atoms with Crippen molar-refractivity contribution in [3.8, 4) is 0 Å². The maximum absolute atomic E-state index is 10.5. The zero-order valence-corrected chi connectivity index (χ0v) is 8.16. The molecule has 0 radical (unpaired) electrons. The molecule has 0 spiro atoms. The van der Waals surface area contributed by atoms with Crippen LogP contribution in [0.4, 0.5) is 0 Å². The molecule has 1 aliphatic rings. The number of aliphatic hydroxyl groups is 1. The molecule has 5 nitrogen and oxygen atoms in total. The van der Waals surface area contributed by atoms with E-state index in [0.717, 1.165) is 25.7 Å². The molecule has 0 saturated heterocycles. The van der Waals surface area contributed by atoms with Gasteiger partial charge < -0.3 is 5.11 Å². The smallest absolute Gasteiger partial charge is 0.333 e. The van der Waals surface area contributed by atoms with Crippen molar-refractivity contribution in [1.82, 2.24) is 0 Å². The van der Waals surface area contributed by atoms with E-state index in [4.69, 9.17) is 0 Å². The van der Waals surface area contributed by atoms with Gasteiger partial charge in [0.25, 0.3) is 0 Å². The van der Waals surface area contributed by atoms with E-state index >= 15 is 0 Å². The second-order valence-electron chi connectivity index (χ2n) is 3.39. The summed E-state index contributed by atoms with van der Waals surface area (Å²) in [6, 6.07) is 0. The van der Waals surface area contributed by atoms with Gasteiger partial charge in [0.1, 0.15) is 0 Å². The summed E-state index contributed by atoms with van der Waals surface area (Å²) in [5, 5.41) is 14.1. The van der Waals surface area contributed by atoms with E-state index in [0.29, 0.717) is 0 Å². The Kier molecular flexibility index (Phi) is 3.66. The van der Waals surface area contributed by atoms with Crippen molar-refractivity contribution in [2.45, 2.75) is 31.8 Å². The highest BCUT2D eigenvalue weighted by molar-refractivity contribution is 7.84. The van der Waals surface area contributed by atoms with Crippen LogP contribution < -0.4 is 5.14 Å². The minimum Gasteiger partial charge on any atom is -0.393 e. The van der Waals surface area contributed by atoms with Gasteiger partial charge in [-0.25, -0.2) is 5.14 Å². The molecule has 1 rings (SSSR count). The van der Waals surface area contributed by atoms with Gasteiger partial charge in [-0.3, -0.25) is 4.18 Å². The van der Waals surface area contributed by atoms with Crippen molar-refractivity contribution in [2.75, 3.05) is 6.61 Å². The summed E-state index contributed by atoms with van der Waals surface area (Å²) in [5.74, 6) is -0.0907. The van der Waals surface area contributed by atoms with Crippen LogP contribution in [0.25, 0.3) is 0 Å².